The first kappa shape index (κ1) is 11.5. The van der Waals surface area contributed by atoms with Crippen LogP contribution >= 0.6 is 0 Å². The standard InChI is InChI=1S/C11H10F3N3/c1-17-3-2-15-11(17)6-16-10-5-8(13)7(12)4-9(10)14/h2-5,16H,6H2,1H3. The van der Waals surface area contributed by atoms with Crippen LogP contribution in [-0.4, -0.2) is 9.55 Å². The van der Waals surface area contributed by atoms with E-state index < -0.39 is 17.5 Å². The van der Waals surface area contributed by atoms with Crippen molar-refractivity contribution in [3.8, 4) is 0 Å². The molecule has 0 amide bonds. The first-order valence-electron chi connectivity index (χ1n) is 4.92. The third kappa shape index (κ3) is 2.41. The molecule has 0 saturated carbocycles. The molecule has 0 aliphatic rings. The topological polar surface area (TPSA) is 29.9 Å². The van der Waals surface area contributed by atoms with Crippen molar-refractivity contribution in [3.05, 3.63) is 47.8 Å². The summed E-state index contributed by atoms with van der Waals surface area (Å²) in [4.78, 5) is 4.01. The molecule has 0 unspecified atom stereocenters. The normalized spacial score (nSPS) is 10.6. The minimum absolute atomic E-state index is 0.0908. The van der Waals surface area contributed by atoms with Crippen molar-refractivity contribution in [3.63, 3.8) is 0 Å². The highest BCUT2D eigenvalue weighted by Gasteiger charge is 2.10. The molecule has 0 saturated heterocycles. The van der Waals surface area contributed by atoms with Crippen molar-refractivity contribution in [1.29, 1.82) is 0 Å². The lowest BCUT2D eigenvalue weighted by Crippen LogP contribution is -2.07. The van der Waals surface area contributed by atoms with Gasteiger partial charge in [-0.05, 0) is 0 Å². The number of nitrogens with zero attached hydrogens (tertiary/aromatic N) is 2. The van der Waals surface area contributed by atoms with E-state index in [-0.39, 0.29) is 12.2 Å². The highest BCUT2D eigenvalue weighted by Crippen LogP contribution is 2.18. The van der Waals surface area contributed by atoms with Crippen LogP contribution in [0.25, 0.3) is 0 Å². The van der Waals surface area contributed by atoms with E-state index in [1.807, 2.05) is 0 Å². The predicted octanol–water partition coefficient (Wildman–Crippen LogP) is 2.45. The Bertz CT molecular complexity index is 537. The zero-order valence-electron chi connectivity index (χ0n) is 9.04. The number of imidazole rings is 1. The molecule has 1 aromatic heterocycles. The molecule has 17 heavy (non-hydrogen) atoms. The lowest BCUT2D eigenvalue weighted by atomic mass is 10.3. The minimum atomic E-state index is -1.20. The van der Waals surface area contributed by atoms with Crippen molar-refractivity contribution in [2.75, 3.05) is 5.32 Å². The number of aromatic nitrogens is 2. The molecule has 0 aliphatic carbocycles. The fourth-order valence-electron chi connectivity index (χ4n) is 1.40. The van der Waals surface area contributed by atoms with Crippen LogP contribution in [0.15, 0.2) is 24.5 Å². The monoisotopic (exact) mass is 241 g/mol. The molecule has 0 bridgehead atoms. The second-order valence-corrected chi connectivity index (χ2v) is 3.55. The van der Waals surface area contributed by atoms with Gasteiger partial charge in [0.2, 0.25) is 0 Å². The summed E-state index contributed by atoms with van der Waals surface area (Å²) in [6.45, 7) is 0.228. The first-order valence-corrected chi connectivity index (χ1v) is 4.92. The van der Waals surface area contributed by atoms with Gasteiger partial charge in [0.25, 0.3) is 0 Å². The van der Waals surface area contributed by atoms with Crippen LogP contribution in [0, 0.1) is 17.5 Å². The Balaban J connectivity index is 2.14. The maximum absolute atomic E-state index is 13.3. The van der Waals surface area contributed by atoms with Crippen LogP contribution in [0.3, 0.4) is 0 Å². The quantitative estimate of drug-likeness (QED) is 0.836. The number of halogens is 3. The van der Waals surface area contributed by atoms with Gasteiger partial charge in [-0.3, -0.25) is 0 Å². The molecule has 2 aromatic rings. The molecule has 0 spiro atoms. The Hall–Kier alpha value is -1.98. The molecule has 6 heteroatoms. The van der Waals surface area contributed by atoms with Crippen LogP contribution in [0.2, 0.25) is 0 Å². The lowest BCUT2D eigenvalue weighted by molar-refractivity contribution is 0.496. The van der Waals surface area contributed by atoms with Gasteiger partial charge in [0, 0.05) is 31.6 Å². The average Bonchev–Trinajstić information content (AvgIpc) is 2.68. The number of aryl methyl sites for hydroxylation is 1. The molecule has 0 fully saturated rings. The average molecular weight is 241 g/mol. The van der Waals surface area contributed by atoms with Crippen molar-refractivity contribution < 1.29 is 13.2 Å². The van der Waals surface area contributed by atoms with E-state index in [2.05, 4.69) is 10.3 Å². The molecule has 0 atom stereocenters. The summed E-state index contributed by atoms with van der Waals surface area (Å²) in [5, 5.41) is 2.66. The van der Waals surface area contributed by atoms with Gasteiger partial charge in [-0.25, -0.2) is 18.2 Å². The van der Waals surface area contributed by atoms with Gasteiger partial charge in [0.05, 0.1) is 12.2 Å². The summed E-state index contributed by atoms with van der Waals surface area (Å²) in [6, 6.07) is 1.30. The second-order valence-electron chi connectivity index (χ2n) is 3.55. The van der Waals surface area contributed by atoms with Crippen LogP contribution in [0.5, 0.6) is 0 Å². The van der Waals surface area contributed by atoms with Crippen LogP contribution in [0.4, 0.5) is 18.9 Å². The summed E-state index contributed by atoms with van der Waals surface area (Å²) in [5.74, 6) is -2.47. The molecular weight excluding hydrogens is 231 g/mol. The third-order valence-corrected chi connectivity index (χ3v) is 2.37. The van der Waals surface area contributed by atoms with Gasteiger partial charge in [0.1, 0.15) is 11.6 Å². The van der Waals surface area contributed by atoms with Crippen molar-refractivity contribution in [2.24, 2.45) is 7.05 Å². The molecule has 2 rings (SSSR count). The molecule has 1 heterocycles. The first-order chi connectivity index (χ1) is 8.08. The van der Waals surface area contributed by atoms with Crippen LogP contribution < -0.4 is 5.32 Å². The van der Waals surface area contributed by atoms with Crippen molar-refractivity contribution in [1.82, 2.24) is 9.55 Å². The Kier molecular flexibility index (Phi) is 3.03. The Morgan fingerprint density at radius 3 is 2.53 bits per heavy atom. The number of anilines is 1. The van der Waals surface area contributed by atoms with Gasteiger partial charge in [0.15, 0.2) is 11.6 Å². The smallest absolute Gasteiger partial charge is 0.161 e. The number of nitrogens with one attached hydrogen (secondary N) is 1. The van der Waals surface area contributed by atoms with E-state index >= 15 is 0 Å². The summed E-state index contributed by atoms with van der Waals surface area (Å²) in [5.41, 5.74) is -0.0908. The summed E-state index contributed by atoms with van der Waals surface area (Å²) >= 11 is 0. The SMILES string of the molecule is Cn1ccnc1CNc1cc(F)c(F)cc1F. The zero-order chi connectivity index (χ0) is 12.4. The van der Waals surface area contributed by atoms with Gasteiger partial charge in [-0.1, -0.05) is 0 Å². The number of benzene rings is 1. The maximum Gasteiger partial charge on any atom is 0.161 e. The largest absolute Gasteiger partial charge is 0.375 e. The summed E-state index contributed by atoms with van der Waals surface area (Å²) < 4.78 is 40.6. The van der Waals surface area contributed by atoms with Crippen molar-refractivity contribution in [2.45, 2.75) is 6.54 Å². The van der Waals surface area contributed by atoms with Gasteiger partial charge in [-0.2, -0.15) is 0 Å². The fraction of sp³-hybridized carbons (Fsp3) is 0.182. The number of hydrogen-bond acceptors (Lipinski definition) is 2. The fourth-order valence-corrected chi connectivity index (χ4v) is 1.40. The molecule has 90 valence electrons. The zero-order valence-corrected chi connectivity index (χ0v) is 9.04. The number of rotatable bonds is 3. The van der Waals surface area contributed by atoms with Gasteiger partial charge >= 0.3 is 0 Å². The lowest BCUT2D eigenvalue weighted by Gasteiger charge is -2.08. The summed E-state index contributed by atoms with van der Waals surface area (Å²) in [6.07, 6.45) is 3.33. The van der Waals surface area contributed by atoms with E-state index in [1.54, 1.807) is 24.0 Å². The second kappa shape index (κ2) is 4.48. The van der Waals surface area contributed by atoms with E-state index in [1.165, 1.54) is 0 Å². The van der Waals surface area contributed by atoms with E-state index in [0.717, 1.165) is 6.07 Å². The molecule has 1 N–H and O–H groups in total. The van der Waals surface area contributed by atoms with E-state index in [9.17, 15) is 13.2 Å². The van der Waals surface area contributed by atoms with Gasteiger partial charge in [-0.15, -0.1) is 0 Å². The van der Waals surface area contributed by atoms with Crippen LogP contribution in [-0.2, 0) is 13.6 Å². The Labute approximate surface area is 95.9 Å². The maximum atomic E-state index is 13.3. The van der Waals surface area contributed by atoms with E-state index in [4.69, 9.17) is 0 Å². The van der Waals surface area contributed by atoms with Crippen LogP contribution in [0.1, 0.15) is 5.82 Å². The highest BCUT2D eigenvalue weighted by molar-refractivity contribution is 5.45. The molecule has 0 aliphatic heterocycles. The molecule has 0 radical (unpaired) electrons. The van der Waals surface area contributed by atoms with Gasteiger partial charge < -0.3 is 9.88 Å². The third-order valence-electron chi connectivity index (χ3n) is 2.37. The van der Waals surface area contributed by atoms with E-state index in [0.29, 0.717) is 11.9 Å². The highest BCUT2D eigenvalue weighted by atomic mass is 19.2. The van der Waals surface area contributed by atoms with Crippen molar-refractivity contribution >= 4 is 5.69 Å². The minimum Gasteiger partial charge on any atom is -0.375 e. The number of hydrogen-bond donors (Lipinski definition) is 1. The molecule has 3 nitrogen and oxygen atoms in total. The predicted molar refractivity (Wildman–Crippen MR) is 56.9 cm³/mol. The summed E-state index contributed by atoms with van der Waals surface area (Å²) in [7, 11) is 1.78. The Morgan fingerprint density at radius 2 is 1.88 bits per heavy atom. The Morgan fingerprint density at radius 1 is 1.18 bits per heavy atom. The molecule has 1 aromatic carbocycles. The molecular formula is C11H10F3N3.